The van der Waals surface area contributed by atoms with Crippen LogP contribution in [-0.2, 0) is 9.47 Å². The Morgan fingerprint density at radius 3 is 2.60 bits per heavy atom. The van der Waals surface area contributed by atoms with Gasteiger partial charge >= 0.3 is 6.16 Å². The van der Waals surface area contributed by atoms with E-state index in [1.165, 1.54) is 0 Å². The fourth-order valence-electron chi connectivity index (χ4n) is 1.83. The molecule has 1 aliphatic rings. The van der Waals surface area contributed by atoms with Gasteiger partial charge in [-0.2, -0.15) is 0 Å². The molecule has 1 atom stereocenters. The standard InChI is InChI=1S/C12H14O3/c1-8-5-4-6-9(7-8)10-12(2,3)15-11(13)14-10/h4-7,10H,1-3H3. The number of benzene rings is 1. The maximum absolute atomic E-state index is 11.1. The Morgan fingerprint density at radius 1 is 1.33 bits per heavy atom. The van der Waals surface area contributed by atoms with Gasteiger partial charge in [-0.05, 0) is 26.3 Å². The summed E-state index contributed by atoms with van der Waals surface area (Å²) in [5, 5.41) is 0. The molecule has 0 N–H and O–H groups in total. The van der Waals surface area contributed by atoms with Gasteiger partial charge in [-0.3, -0.25) is 0 Å². The highest BCUT2D eigenvalue weighted by molar-refractivity contribution is 5.64. The second-order valence-electron chi connectivity index (χ2n) is 4.37. The van der Waals surface area contributed by atoms with E-state index in [-0.39, 0.29) is 6.10 Å². The monoisotopic (exact) mass is 206 g/mol. The van der Waals surface area contributed by atoms with Crippen LogP contribution in [-0.4, -0.2) is 11.8 Å². The number of hydrogen-bond acceptors (Lipinski definition) is 3. The van der Waals surface area contributed by atoms with E-state index in [0.717, 1.165) is 11.1 Å². The zero-order valence-corrected chi connectivity index (χ0v) is 9.11. The molecule has 0 aromatic heterocycles. The summed E-state index contributed by atoms with van der Waals surface area (Å²) in [4.78, 5) is 11.1. The second-order valence-corrected chi connectivity index (χ2v) is 4.37. The van der Waals surface area contributed by atoms with Crippen LogP contribution in [0.15, 0.2) is 24.3 Å². The predicted molar refractivity (Wildman–Crippen MR) is 55.6 cm³/mol. The van der Waals surface area contributed by atoms with Gasteiger partial charge in [-0.15, -0.1) is 0 Å². The number of carbonyl (C=O) groups is 1. The first-order valence-electron chi connectivity index (χ1n) is 4.95. The van der Waals surface area contributed by atoms with Crippen molar-refractivity contribution in [2.45, 2.75) is 32.5 Å². The van der Waals surface area contributed by atoms with Gasteiger partial charge in [0.15, 0.2) is 11.7 Å². The highest BCUT2D eigenvalue weighted by Gasteiger charge is 2.44. The maximum atomic E-state index is 11.1. The maximum Gasteiger partial charge on any atom is 0.509 e. The van der Waals surface area contributed by atoms with Crippen LogP contribution in [0.1, 0.15) is 31.1 Å². The molecule has 1 aromatic carbocycles. The van der Waals surface area contributed by atoms with Crippen LogP contribution >= 0.6 is 0 Å². The molecule has 1 heterocycles. The highest BCUT2D eigenvalue weighted by atomic mass is 16.8. The molecular formula is C12H14O3. The average Bonchev–Trinajstić information content (AvgIpc) is 2.39. The van der Waals surface area contributed by atoms with E-state index in [9.17, 15) is 4.79 Å². The van der Waals surface area contributed by atoms with Crippen molar-refractivity contribution in [2.24, 2.45) is 0 Å². The molecule has 1 fully saturated rings. The average molecular weight is 206 g/mol. The van der Waals surface area contributed by atoms with Crippen molar-refractivity contribution in [1.29, 1.82) is 0 Å². The van der Waals surface area contributed by atoms with Gasteiger partial charge in [0.2, 0.25) is 0 Å². The molecule has 1 unspecified atom stereocenters. The number of cyclic esters (lactones) is 2. The summed E-state index contributed by atoms with van der Waals surface area (Å²) in [6.45, 7) is 5.71. The number of rotatable bonds is 1. The van der Waals surface area contributed by atoms with Crippen LogP contribution in [0.3, 0.4) is 0 Å². The van der Waals surface area contributed by atoms with E-state index in [1.807, 2.05) is 45.0 Å². The van der Waals surface area contributed by atoms with Crippen molar-refractivity contribution < 1.29 is 14.3 Å². The summed E-state index contributed by atoms with van der Waals surface area (Å²) < 4.78 is 10.3. The zero-order chi connectivity index (χ0) is 11.1. The van der Waals surface area contributed by atoms with Crippen LogP contribution < -0.4 is 0 Å². The van der Waals surface area contributed by atoms with Crippen molar-refractivity contribution in [3.63, 3.8) is 0 Å². The van der Waals surface area contributed by atoms with Crippen LogP contribution in [0.5, 0.6) is 0 Å². The first kappa shape index (κ1) is 10.0. The number of ether oxygens (including phenoxy) is 2. The molecule has 15 heavy (non-hydrogen) atoms. The minimum Gasteiger partial charge on any atom is -0.424 e. The number of hydrogen-bond donors (Lipinski definition) is 0. The Morgan fingerprint density at radius 2 is 2.07 bits per heavy atom. The van der Waals surface area contributed by atoms with Crippen LogP contribution in [0.25, 0.3) is 0 Å². The Balaban J connectivity index is 2.35. The molecule has 1 saturated heterocycles. The molecule has 0 bridgehead atoms. The third-order valence-electron chi connectivity index (χ3n) is 2.54. The second kappa shape index (κ2) is 3.26. The van der Waals surface area contributed by atoms with E-state index in [0.29, 0.717) is 0 Å². The first-order valence-corrected chi connectivity index (χ1v) is 4.95. The predicted octanol–water partition coefficient (Wildman–Crippen LogP) is 2.98. The molecule has 0 spiro atoms. The van der Waals surface area contributed by atoms with E-state index in [2.05, 4.69) is 0 Å². The normalized spacial score (nSPS) is 23.4. The largest absolute Gasteiger partial charge is 0.509 e. The van der Waals surface area contributed by atoms with Gasteiger partial charge < -0.3 is 9.47 Å². The Hall–Kier alpha value is -1.51. The summed E-state index contributed by atoms with van der Waals surface area (Å²) in [6.07, 6.45) is -0.906. The van der Waals surface area contributed by atoms with Crippen molar-refractivity contribution in [3.05, 3.63) is 35.4 Å². The molecular weight excluding hydrogens is 192 g/mol. The lowest BCUT2D eigenvalue weighted by molar-refractivity contribution is 0.0642. The van der Waals surface area contributed by atoms with Gasteiger partial charge in [0.1, 0.15) is 0 Å². The van der Waals surface area contributed by atoms with Crippen LogP contribution in [0.4, 0.5) is 4.79 Å². The summed E-state index contributed by atoms with van der Waals surface area (Å²) in [7, 11) is 0. The van der Waals surface area contributed by atoms with Crippen LogP contribution in [0, 0.1) is 6.92 Å². The fraction of sp³-hybridized carbons (Fsp3) is 0.417. The van der Waals surface area contributed by atoms with E-state index < -0.39 is 11.8 Å². The summed E-state index contributed by atoms with van der Waals surface area (Å²) in [5.41, 5.74) is 1.53. The van der Waals surface area contributed by atoms with E-state index in [4.69, 9.17) is 9.47 Å². The van der Waals surface area contributed by atoms with E-state index >= 15 is 0 Å². The molecule has 2 rings (SSSR count). The van der Waals surface area contributed by atoms with Gasteiger partial charge in [0.25, 0.3) is 0 Å². The van der Waals surface area contributed by atoms with Gasteiger partial charge in [0.05, 0.1) is 0 Å². The van der Waals surface area contributed by atoms with Gasteiger partial charge in [-0.1, -0.05) is 29.8 Å². The molecule has 0 saturated carbocycles. The topological polar surface area (TPSA) is 35.5 Å². The number of carbonyl (C=O) groups excluding carboxylic acids is 1. The van der Waals surface area contributed by atoms with Crippen molar-refractivity contribution in [2.75, 3.05) is 0 Å². The lowest BCUT2D eigenvalue weighted by Gasteiger charge is -2.22. The van der Waals surface area contributed by atoms with Crippen molar-refractivity contribution >= 4 is 6.16 Å². The third-order valence-corrected chi connectivity index (χ3v) is 2.54. The van der Waals surface area contributed by atoms with Crippen molar-refractivity contribution in [3.8, 4) is 0 Å². The summed E-state index contributed by atoms with van der Waals surface area (Å²) in [5.74, 6) is 0. The van der Waals surface area contributed by atoms with E-state index in [1.54, 1.807) is 0 Å². The first-order chi connectivity index (χ1) is 6.99. The number of aryl methyl sites for hydroxylation is 1. The lowest BCUT2D eigenvalue weighted by atomic mass is 9.94. The molecule has 1 aliphatic heterocycles. The summed E-state index contributed by atoms with van der Waals surface area (Å²) in [6, 6.07) is 7.91. The minimum absolute atomic E-state index is 0.315. The fourth-order valence-corrected chi connectivity index (χ4v) is 1.83. The third kappa shape index (κ3) is 1.82. The van der Waals surface area contributed by atoms with Gasteiger partial charge in [0, 0.05) is 0 Å². The highest BCUT2D eigenvalue weighted by Crippen LogP contribution is 2.38. The quantitative estimate of drug-likeness (QED) is 0.662. The molecule has 1 aromatic rings. The molecule has 3 heteroatoms. The molecule has 0 amide bonds. The zero-order valence-electron chi connectivity index (χ0n) is 9.11. The van der Waals surface area contributed by atoms with Gasteiger partial charge in [-0.25, -0.2) is 4.79 Å². The molecule has 3 nitrogen and oxygen atoms in total. The van der Waals surface area contributed by atoms with Crippen molar-refractivity contribution in [1.82, 2.24) is 0 Å². The minimum atomic E-state index is -0.592. The Labute approximate surface area is 89.0 Å². The molecule has 0 radical (unpaired) electrons. The SMILES string of the molecule is Cc1cccc(C2OC(=O)OC2(C)C)c1. The molecule has 80 valence electrons. The molecule has 0 aliphatic carbocycles. The lowest BCUT2D eigenvalue weighted by Crippen LogP contribution is -2.26. The smallest absolute Gasteiger partial charge is 0.424 e. The Kier molecular flexibility index (Phi) is 2.18. The van der Waals surface area contributed by atoms with Crippen LogP contribution in [0.2, 0.25) is 0 Å². The summed E-state index contributed by atoms with van der Waals surface area (Å²) >= 11 is 0. The Bertz CT molecular complexity index is 396.